The average Bonchev–Trinajstić information content (AvgIpc) is 1.60. The zero-order valence-electron chi connectivity index (χ0n) is 6.16. The van der Waals surface area contributed by atoms with Crippen molar-refractivity contribution >= 4 is 14.3 Å². The first kappa shape index (κ1) is 9.61. The van der Waals surface area contributed by atoms with Gasteiger partial charge in [-0.2, -0.15) is 0 Å². The van der Waals surface area contributed by atoms with Gasteiger partial charge in [-0.25, -0.2) is 0 Å². The van der Waals surface area contributed by atoms with Gasteiger partial charge in [0.2, 0.25) is 0 Å². The molecule has 0 heterocycles. The van der Waals surface area contributed by atoms with Gasteiger partial charge < -0.3 is 15.6 Å². The van der Waals surface area contributed by atoms with E-state index in [0.29, 0.717) is 0 Å². The first-order valence-corrected chi connectivity index (χ1v) is 6.19. The molecule has 1 atom stereocenters. The molecular weight excluding hydrogens is 150 g/mol. The molecular formula is C5H13NO3Si. The Morgan fingerprint density at radius 2 is 2.10 bits per heavy atom. The summed E-state index contributed by atoms with van der Waals surface area (Å²) in [6.07, 6.45) is 0. The summed E-state index contributed by atoms with van der Waals surface area (Å²) in [6.45, 7) is 3.32. The summed E-state index contributed by atoms with van der Waals surface area (Å²) in [7, 11) is -2.29. The zero-order chi connectivity index (χ0) is 8.36. The fraction of sp³-hybridized carbons (Fsp3) is 0.800. The van der Waals surface area contributed by atoms with Crippen molar-refractivity contribution in [3.8, 4) is 0 Å². The van der Waals surface area contributed by atoms with Crippen molar-refractivity contribution < 1.29 is 14.7 Å². The molecule has 0 aromatic heterocycles. The smallest absolute Gasteiger partial charge is 0.320 e. The van der Waals surface area contributed by atoms with Crippen molar-refractivity contribution in [3.63, 3.8) is 0 Å². The Labute approximate surface area is 60.8 Å². The molecule has 0 aromatic carbocycles. The lowest BCUT2D eigenvalue weighted by atomic mass is 10.4. The molecule has 0 unspecified atom stereocenters. The summed E-state index contributed by atoms with van der Waals surface area (Å²) in [4.78, 5) is 19.4. The minimum atomic E-state index is -2.29. The van der Waals surface area contributed by atoms with E-state index < -0.39 is 20.3 Å². The van der Waals surface area contributed by atoms with E-state index >= 15 is 0 Å². The van der Waals surface area contributed by atoms with Crippen molar-refractivity contribution in [3.05, 3.63) is 0 Å². The van der Waals surface area contributed by atoms with E-state index in [1.165, 1.54) is 0 Å². The summed E-state index contributed by atoms with van der Waals surface area (Å²) >= 11 is 0. The molecule has 0 saturated heterocycles. The highest BCUT2D eigenvalue weighted by Crippen LogP contribution is 2.06. The van der Waals surface area contributed by atoms with Crippen LogP contribution < -0.4 is 5.73 Å². The van der Waals surface area contributed by atoms with Crippen molar-refractivity contribution in [2.75, 3.05) is 0 Å². The molecule has 4 nitrogen and oxygen atoms in total. The normalized spacial score (nSPS) is 14.8. The molecule has 0 radical (unpaired) electrons. The molecule has 0 aliphatic heterocycles. The molecule has 4 N–H and O–H groups in total. The molecule has 0 bridgehead atoms. The lowest BCUT2D eigenvalue weighted by molar-refractivity contribution is -0.138. The van der Waals surface area contributed by atoms with Crippen LogP contribution in [0.2, 0.25) is 19.1 Å². The van der Waals surface area contributed by atoms with E-state index in [9.17, 15) is 9.59 Å². The van der Waals surface area contributed by atoms with Crippen LogP contribution in [0.3, 0.4) is 0 Å². The van der Waals surface area contributed by atoms with Crippen LogP contribution in [0.15, 0.2) is 0 Å². The lowest BCUT2D eigenvalue weighted by Crippen LogP contribution is -2.39. The lowest BCUT2D eigenvalue weighted by Gasteiger charge is -2.15. The molecule has 5 heteroatoms. The zero-order valence-corrected chi connectivity index (χ0v) is 7.16. The average molecular weight is 163 g/mol. The van der Waals surface area contributed by atoms with Gasteiger partial charge in [0.1, 0.15) is 6.04 Å². The predicted molar refractivity (Wildman–Crippen MR) is 40.1 cm³/mol. The van der Waals surface area contributed by atoms with Gasteiger partial charge in [-0.3, -0.25) is 4.79 Å². The largest absolute Gasteiger partial charge is 0.480 e. The third kappa shape index (κ3) is 4.48. The second kappa shape index (κ2) is 3.13. The molecule has 60 valence electrons. The minimum absolute atomic E-state index is 0.211. The number of aliphatic carboxylic acids is 1. The maximum absolute atomic E-state index is 10.2. The van der Waals surface area contributed by atoms with Gasteiger partial charge in [0.25, 0.3) is 0 Å². The predicted octanol–water partition coefficient (Wildman–Crippen LogP) is -0.404. The Hall–Kier alpha value is -0.393. The monoisotopic (exact) mass is 163 g/mol. The Bertz CT molecular complexity index is 131. The van der Waals surface area contributed by atoms with Gasteiger partial charge in [0, 0.05) is 0 Å². The van der Waals surface area contributed by atoms with E-state index in [0.717, 1.165) is 0 Å². The number of carboxylic acid groups (broad SMARTS) is 1. The summed E-state index contributed by atoms with van der Waals surface area (Å²) in [5, 5.41) is 8.33. The first-order valence-electron chi connectivity index (χ1n) is 3.04. The van der Waals surface area contributed by atoms with Crippen molar-refractivity contribution in [1.82, 2.24) is 0 Å². The van der Waals surface area contributed by atoms with Crippen molar-refractivity contribution in [2.24, 2.45) is 5.73 Å². The highest BCUT2D eigenvalue weighted by molar-refractivity contribution is 6.70. The second-order valence-electron chi connectivity index (χ2n) is 2.96. The Morgan fingerprint density at radius 1 is 1.70 bits per heavy atom. The summed E-state index contributed by atoms with van der Waals surface area (Å²) < 4.78 is 0. The topological polar surface area (TPSA) is 83.5 Å². The van der Waals surface area contributed by atoms with E-state index in [2.05, 4.69) is 0 Å². The molecule has 0 saturated carbocycles. The highest BCUT2D eigenvalue weighted by Gasteiger charge is 2.24. The van der Waals surface area contributed by atoms with Gasteiger partial charge in [-0.1, -0.05) is 0 Å². The number of hydrogen-bond donors (Lipinski definition) is 3. The molecule has 0 aliphatic rings. The number of hydrogen-bond acceptors (Lipinski definition) is 3. The van der Waals surface area contributed by atoms with E-state index in [4.69, 9.17) is 10.8 Å². The third-order valence-electron chi connectivity index (χ3n) is 1.04. The van der Waals surface area contributed by atoms with Crippen LogP contribution in [0.5, 0.6) is 0 Å². The van der Waals surface area contributed by atoms with Crippen LogP contribution >= 0.6 is 0 Å². The van der Waals surface area contributed by atoms with Crippen molar-refractivity contribution in [1.29, 1.82) is 0 Å². The van der Waals surface area contributed by atoms with Gasteiger partial charge in [0.15, 0.2) is 8.32 Å². The van der Waals surface area contributed by atoms with Crippen LogP contribution in [0.1, 0.15) is 0 Å². The SMILES string of the molecule is C[Si](C)(O)C[C@H](N)C(=O)O. The van der Waals surface area contributed by atoms with Crippen LogP contribution in [0.25, 0.3) is 0 Å². The molecule has 10 heavy (non-hydrogen) atoms. The highest BCUT2D eigenvalue weighted by atomic mass is 28.4. The number of carboxylic acids is 1. The van der Waals surface area contributed by atoms with Crippen LogP contribution in [-0.4, -0.2) is 30.2 Å². The fourth-order valence-corrected chi connectivity index (χ4v) is 1.88. The quantitative estimate of drug-likeness (QED) is 0.494. The van der Waals surface area contributed by atoms with E-state index in [1.54, 1.807) is 13.1 Å². The fourth-order valence-electron chi connectivity index (χ4n) is 0.625. The molecule has 0 fully saturated rings. The maximum atomic E-state index is 10.2. The summed E-state index contributed by atoms with van der Waals surface area (Å²) in [6, 6.07) is -0.700. The van der Waals surface area contributed by atoms with Gasteiger partial charge in [0.05, 0.1) is 0 Å². The number of nitrogens with two attached hydrogens (primary N) is 1. The first-order chi connectivity index (χ1) is 4.33. The molecule has 0 aliphatic carbocycles. The Balaban J connectivity index is 3.80. The maximum Gasteiger partial charge on any atom is 0.320 e. The summed E-state index contributed by atoms with van der Waals surface area (Å²) in [5.74, 6) is -1.05. The standard InChI is InChI=1S/C5H13NO3Si/c1-10(2,9)3-4(6)5(7)8/h4,9H,3,6H2,1-2H3,(H,7,8)/t4-/m0/s1. The van der Waals surface area contributed by atoms with Crippen LogP contribution in [-0.2, 0) is 4.79 Å². The molecule has 0 rings (SSSR count). The van der Waals surface area contributed by atoms with Gasteiger partial charge in [-0.15, -0.1) is 0 Å². The minimum Gasteiger partial charge on any atom is -0.480 e. The Morgan fingerprint density at radius 3 is 2.20 bits per heavy atom. The van der Waals surface area contributed by atoms with Crippen LogP contribution in [0.4, 0.5) is 0 Å². The van der Waals surface area contributed by atoms with E-state index in [-0.39, 0.29) is 6.04 Å². The third-order valence-corrected chi connectivity index (χ3v) is 2.48. The van der Waals surface area contributed by atoms with Gasteiger partial charge >= 0.3 is 5.97 Å². The number of rotatable bonds is 3. The summed E-state index contributed by atoms with van der Waals surface area (Å²) in [5.41, 5.74) is 5.18. The number of carbonyl (C=O) groups is 1. The molecule has 0 aromatic rings. The van der Waals surface area contributed by atoms with Crippen molar-refractivity contribution in [2.45, 2.75) is 25.2 Å². The Kier molecular flexibility index (Phi) is 3.01. The van der Waals surface area contributed by atoms with Gasteiger partial charge in [-0.05, 0) is 19.1 Å². The van der Waals surface area contributed by atoms with E-state index in [1.807, 2.05) is 0 Å². The second-order valence-corrected chi connectivity index (χ2v) is 6.99. The molecule has 0 spiro atoms. The van der Waals surface area contributed by atoms with Crippen LogP contribution in [0, 0.1) is 0 Å². The molecule has 0 amide bonds.